The van der Waals surface area contributed by atoms with Crippen molar-refractivity contribution in [3.05, 3.63) is 42.1 Å². The molecule has 1 aromatic heterocycles. The second-order valence-electron chi connectivity index (χ2n) is 5.48. The standard InChI is InChI=1S/C17H22N2O/c1-3-20-17(12-6-7-12)16(18-2)14-8-9-15-13(11-14)5-4-10-19-15/h4-5,8-12,16-18H,3,6-7H2,1-2H3. The second-order valence-corrected chi connectivity index (χ2v) is 5.48. The van der Waals surface area contributed by atoms with Gasteiger partial charge in [0.2, 0.25) is 0 Å². The zero-order chi connectivity index (χ0) is 13.9. The Morgan fingerprint density at radius 2 is 2.20 bits per heavy atom. The summed E-state index contributed by atoms with van der Waals surface area (Å²) in [5, 5.41) is 4.63. The summed E-state index contributed by atoms with van der Waals surface area (Å²) in [7, 11) is 2.02. The minimum absolute atomic E-state index is 0.257. The largest absolute Gasteiger partial charge is 0.376 e. The van der Waals surface area contributed by atoms with Gasteiger partial charge in [-0.3, -0.25) is 4.98 Å². The van der Waals surface area contributed by atoms with Crippen molar-refractivity contribution in [3.63, 3.8) is 0 Å². The molecule has 0 spiro atoms. The normalized spacial score (nSPS) is 18.1. The summed E-state index contributed by atoms with van der Waals surface area (Å²) in [5.41, 5.74) is 2.34. The van der Waals surface area contributed by atoms with Gasteiger partial charge in [0, 0.05) is 18.2 Å². The zero-order valence-electron chi connectivity index (χ0n) is 12.2. The number of nitrogens with zero attached hydrogens (tertiary/aromatic N) is 1. The van der Waals surface area contributed by atoms with Crippen LogP contribution in [-0.4, -0.2) is 24.7 Å². The van der Waals surface area contributed by atoms with Crippen LogP contribution < -0.4 is 5.32 Å². The molecule has 1 heterocycles. The van der Waals surface area contributed by atoms with Crippen LogP contribution in [0.5, 0.6) is 0 Å². The quantitative estimate of drug-likeness (QED) is 0.874. The molecular formula is C17H22N2O. The molecule has 3 heteroatoms. The summed E-state index contributed by atoms with van der Waals surface area (Å²) in [6.07, 6.45) is 4.69. The van der Waals surface area contributed by atoms with Gasteiger partial charge < -0.3 is 10.1 Å². The molecule has 0 aliphatic heterocycles. The van der Waals surface area contributed by atoms with Gasteiger partial charge in [-0.2, -0.15) is 0 Å². The number of nitrogens with one attached hydrogen (secondary N) is 1. The molecule has 1 fully saturated rings. The molecule has 1 aromatic carbocycles. The summed E-state index contributed by atoms with van der Waals surface area (Å²) in [6, 6.07) is 10.9. The van der Waals surface area contributed by atoms with E-state index < -0.39 is 0 Å². The van der Waals surface area contributed by atoms with Crippen molar-refractivity contribution in [2.45, 2.75) is 31.9 Å². The molecule has 3 nitrogen and oxygen atoms in total. The molecule has 1 aliphatic rings. The first kappa shape index (κ1) is 13.5. The fourth-order valence-electron chi connectivity index (χ4n) is 2.93. The predicted molar refractivity (Wildman–Crippen MR) is 81.7 cm³/mol. The van der Waals surface area contributed by atoms with E-state index in [0.717, 1.165) is 12.1 Å². The van der Waals surface area contributed by atoms with E-state index in [-0.39, 0.29) is 12.1 Å². The van der Waals surface area contributed by atoms with Gasteiger partial charge in [0.15, 0.2) is 0 Å². The Labute approximate surface area is 120 Å². The number of hydrogen-bond acceptors (Lipinski definition) is 3. The highest BCUT2D eigenvalue weighted by Gasteiger charge is 2.37. The molecule has 2 aromatic rings. The average molecular weight is 270 g/mol. The number of benzene rings is 1. The molecule has 2 atom stereocenters. The van der Waals surface area contributed by atoms with Gasteiger partial charge >= 0.3 is 0 Å². The van der Waals surface area contributed by atoms with Crippen LogP contribution in [0.2, 0.25) is 0 Å². The third-order valence-electron chi connectivity index (χ3n) is 4.07. The lowest BCUT2D eigenvalue weighted by molar-refractivity contribution is 0.0205. The van der Waals surface area contributed by atoms with E-state index in [1.807, 2.05) is 19.3 Å². The van der Waals surface area contributed by atoms with Crippen LogP contribution in [0.1, 0.15) is 31.4 Å². The van der Waals surface area contributed by atoms with E-state index in [0.29, 0.717) is 5.92 Å². The average Bonchev–Trinajstić information content (AvgIpc) is 3.31. The van der Waals surface area contributed by atoms with Gasteiger partial charge in [-0.15, -0.1) is 0 Å². The van der Waals surface area contributed by atoms with E-state index >= 15 is 0 Å². The van der Waals surface area contributed by atoms with E-state index in [2.05, 4.69) is 41.5 Å². The van der Waals surface area contributed by atoms with Crippen molar-refractivity contribution in [1.82, 2.24) is 10.3 Å². The van der Waals surface area contributed by atoms with Crippen molar-refractivity contribution in [2.75, 3.05) is 13.7 Å². The maximum absolute atomic E-state index is 6.01. The zero-order valence-corrected chi connectivity index (χ0v) is 12.2. The van der Waals surface area contributed by atoms with Crippen LogP contribution in [0.15, 0.2) is 36.5 Å². The molecule has 0 saturated heterocycles. The summed E-state index contributed by atoms with van der Waals surface area (Å²) in [6.45, 7) is 2.85. The summed E-state index contributed by atoms with van der Waals surface area (Å²) in [4.78, 5) is 4.38. The van der Waals surface area contributed by atoms with E-state index in [1.165, 1.54) is 23.8 Å². The first-order chi connectivity index (χ1) is 9.83. The monoisotopic (exact) mass is 270 g/mol. The van der Waals surface area contributed by atoms with Crippen LogP contribution >= 0.6 is 0 Å². The first-order valence-corrected chi connectivity index (χ1v) is 7.47. The van der Waals surface area contributed by atoms with Crippen molar-refractivity contribution in [1.29, 1.82) is 0 Å². The van der Waals surface area contributed by atoms with Gasteiger partial charge in [-0.1, -0.05) is 12.1 Å². The minimum atomic E-state index is 0.257. The number of aromatic nitrogens is 1. The highest BCUT2D eigenvalue weighted by atomic mass is 16.5. The Morgan fingerprint density at radius 3 is 2.90 bits per heavy atom. The molecule has 20 heavy (non-hydrogen) atoms. The number of hydrogen-bond donors (Lipinski definition) is 1. The van der Waals surface area contributed by atoms with Crippen LogP contribution in [0.3, 0.4) is 0 Å². The number of pyridine rings is 1. The fraction of sp³-hybridized carbons (Fsp3) is 0.471. The predicted octanol–water partition coefficient (Wildman–Crippen LogP) is 3.31. The van der Waals surface area contributed by atoms with Crippen LogP contribution in [-0.2, 0) is 4.74 Å². The van der Waals surface area contributed by atoms with Crippen molar-refractivity contribution < 1.29 is 4.74 Å². The smallest absolute Gasteiger partial charge is 0.0797 e. The maximum atomic E-state index is 6.01. The summed E-state index contributed by atoms with van der Waals surface area (Å²) in [5.74, 6) is 0.706. The molecule has 3 rings (SSSR count). The van der Waals surface area contributed by atoms with E-state index in [4.69, 9.17) is 4.74 Å². The third kappa shape index (κ3) is 2.69. The molecule has 106 valence electrons. The van der Waals surface area contributed by atoms with E-state index in [1.54, 1.807) is 0 Å². The summed E-state index contributed by atoms with van der Waals surface area (Å²) >= 11 is 0. The molecular weight excluding hydrogens is 248 g/mol. The van der Waals surface area contributed by atoms with Crippen LogP contribution in [0.25, 0.3) is 10.9 Å². The second kappa shape index (κ2) is 5.90. The lowest BCUT2D eigenvalue weighted by Crippen LogP contribution is -2.33. The molecule has 1 N–H and O–H groups in total. The van der Waals surface area contributed by atoms with Crippen molar-refractivity contribution >= 4 is 10.9 Å². The molecule has 1 saturated carbocycles. The third-order valence-corrected chi connectivity index (χ3v) is 4.07. The van der Waals surface area contributed by atoms with Gasteiger partial charge in [-0.25, -0.2) is 0 Å². The minimum Gasteiger partial charge on any atom is -0.376 e. The lowest BCUT2D eigenvalue weighted by atomic mass is 9.96. The Bertz CT molecular complexity index is 580. The number of fused-ring (bicyclic) bond motifs is 1. The van der Waals surface area contributed by atoms with Crippen LogP contribution in [0.4, 0.5) is 0 Å². The number of likely N-dealkylation sites (N-methyl/N-ethyl adjacent to an activating group) is 1. The molecule has 1 aliphatic carbocycles. The fourth-order valence-corrected chi connectivity index (χ4v) is 2.93. The summed E-state index contributed by atoms with van der Waals surface area (Å²) < 4.78 is 6.01. The Balaban J connectivity index is 1.93. The van der Waals surface area contributed by atoms with Gasteiger partial charge in [0.25, 0.3) is 0 Å². The topological polar surface area (TPSA) is 34.1 Å². The molecule has 0 bridgehead atoms. The Morgan fingerprint density at radius 1 is 1.35 bits per heavy atom. The Kier molecular flexibility index (Phi) is 3.99. The highest BCUT2D eigenvalue weighted by Crippen LogP contribution is 2.40. The number of rotatable bonds is 6. The lowest BCUT2D eigenvalue weighted by Gasteiger charge is -2.27. The van der Waals surface area contributed by atoms with Crippen molar-refractivity contribution in [2.24, 2.45) is 5.92 Å². The van der Waals surface area contributed by atoms with Crippen LogP contribution in [0, 0.1) is 5.92 Å². The van der Waals surface area contributed by atoms with Crippen molar-refractivity contribution in [3.8, 4) is 0 Å². The highest BCUT2D eigenvalue weighted by molar-refractivity contribution is 5.79. The Hall–Kier alpha value is -1.45. The number of ether oxygens (including phenoxy) is 1. The van der Waals surface area contributed by atoms with Gasteiger partial charge in [0.1, 0.15) is 0 Å². The van der Waals surface area contributed by atoms with Gasteiger partial charge in [0.05, 0.1) is 17.7 Å². The maximum Gasteiger partial charge on any atom is 0.0797 e. The SMILES string of the molecule is CCOC(C1CC1)C(NC)c1ccc2ncccc2c1. The molecule has 2 unspecified atom stereocenters. The molecule has 0 radical (unpaired) electrons. The van der Waals surface area contributed by atoms with Gasteiger partial charge in [-0.05, 0) is 56.5 Å². The van der Waals surface area contributed by atoms with E-state index in [9.17, 15) is 0 Å². The molecule has 0 amide bonds. The first-order valence-electron chi connectivity index (χ1n) is 7.47.